The summed E-state index contributed by atoms with van der Waals surface area (Å²) in [7, 11) is 2.13. The minimum atomic E-state index is 0.157. The zero-order valence-corrected chi connectivity index (χ0v) is 24.0. The van der Waals surface area contributed by atoms with Crippen molar-refractivity contribution in [1.82, 2.24) is 4.90 Å². The highest BCUT2D eigenvalue weighted by molar-refractivity contribution is 5.98. The molecule has 0 amide bonds. The molecule has 0 N–H and O–H groups in total. The van der Waals surface area contributed by atoms with E-state index in [0.29, 0.717) is 38.6 Å². The summed E-state index contributed by atoms with van der Waals surface area (Å²) in [5.74, 6) is 3.50. The first-order valence-corrected chi connectivity index (χ1v) is 13.9. The standard InChI is InChI=1S/C31H47NO5/c1-8-34-25-18-24(19-26(20-25)35-9-2)15-17-32(7)16-13-12-14-29(33)28-21-27(36-10-3)22-30(37-11-4)31(28)23(5)6/h18-23H,8-17H2,1-7H3. The first-order valence-electron chi connectivity index (χ1n) is 13.9. The molecule has 6 nitrogen and oxygen atoms in total. The molecule has 0 spiro atoms. The average Bonchev–Trinajstić information content (AvgIpc) is 2.85. The van der Waals surface area contributed by atoms with Crippen LogP contribution in [0.1, 0.15) is 88.2 Å². The van der Waals surface area contributed by atoms with Crippen LogP contribution in [-0.2, 0) is 6.42 Å². The van der Waals surface area contributed by atoms with Crippen molar-refractivity contribution in [2.75, 3.05) is 46.6 Å². The Hall–Kier alpha value is -2.73. The van der Waals surface area contributed by atoms with Gasteiger partial charge in [-0.25, -0.2) is 0 Å². The zero-order chi connectivity index (χ0) is 27.2. The van der Waals surface area contributed by atoms with Gasteiger partial charge in [0.2, 0.25) is 0 Å². The number of benzene rings is 2. The first-order chi connectivity index (χ1) is 17.8. The minimum absolute atomic E-state index is 0.157. The van der Waals surface area contributed by atoms with Crippen LogP contribution in [0.15, 0.2) is 30.3 Å². The van der Waals surface area contributed by atoms with Crippen LogP contribution in [-0.4, -0.2) is 57.2 Å². The molecule has 0 saturated heterocycles. The van der Waals surface area contributed by atoms with Crippen molar-refractivity contribution in [3.05, 3.63) is 47.0 Å². The van der Waals surface area contributed by atoms with Crippen molar-refractivity contribution in [2.45, 2.75) is 73.1 Å². The van der Waals surface area contributed by atoms with Gasteiger partial charge in [-0.1, -0.05) is 13.8 Å². The van der Waals surface area contributed by atoms with Gasteiger partial charge in [0.1, 0.15) is 23.0 Å². The van der Waals surface area contributed by atoms with E-state index in [-0.39, 0.29) is 11.7 Å². The van der Waals surface area contributed by atoms with Crippen LogP contribution in [0.5, 0.6) is 23.0 Å². The Kier molecular flexibility index (Phi) is 13.3. The lowest BCUT2D eigenvalue weighted by atomic mass is 9.91. The highest BCUT2D eigenvalue weighted by atomic mass is 16.5. The van der Waals surface area contributed by atoms with Crippen molar-refractivity contribution in [3.8, 4) is 23.0 Å². The van der Waals surface area contributed by atoms with Gasteiger partial charge in [0, 0.05) is 36.2 Å². The normalized spacial score (nSPS) is 11.2. The number of ether oxygens (including phenoxy) is 4. The van der Waals surface area contributed by atoms with Gasteiger partial charge < -0.3 is 23.8 Å². The molecule has 37 heavy (non-hydrogen) atoms. The molecule has 0 heterocycles. The molecule has 6 heteroatoms. The maximum atomic E-state index is 13.3. The van der Waals surface area contributed by atoms with Crippen molar-refractivity contribution < 1.29 is 23.7 Å². The predicted octanol–water partition coefficient (Wildman–Crippen LogP) is 6.93. The van der Waals surface area contributed by atoms with Gasteiger partial charge in [-0.2, -0.15) is 0 Å². The van der Waals surface area contributed by atoms with Crippen LogP contribution < -0.4 is 18.9 Å². The molecule has 0 aliphatic carbocycles. The topological polar surface area (TPSA) is 57.2 Å². The van der Waals surface area contributed by atoms with Gasteiger partial charge in [-0.15, -0.1) is 0 Å². The van der Waals surface area contributed by atoms with Gasteiger partial charge >= 0.3 is 0 Å². The summed E-state index contributed by atoms with van der Waals surface area (Å²) in [5, 5.41) is 0. The lowest BCUT2D eigenvalue weighted by Gasteiger charge is -2.20. The number of carbonyl (C=O) groups excluding carboxylic acids is 1. The number of rotatable bonds is 18. The Bertz CT molecular complexity index is 948. The third kappa shape index (κ3) is 9.92. The second kappa shape index (κ2) is 16.2. The van der Waals surface area contributed by atoms with E-state index >= 15 is 0 Å². The van der Waals surface area contributed by atoms with E-state index < -0.39 is 0 Å². The predicted molar refractivity (Wildman–Crippen MR) is 151 cm³/mol. The monoisotopic (exact) mass is 513 g/mol. The fraction of sp³-hybridized carbons (Fsp3) is 0.581. The van der Waals surface area contributed by atoms with E-state index in [1.165, 1.54) is 5.56 Å². The summed E-state index contributed by atoms with van der Waals surface area (Å²) in [6.45, 7) is 16.3. The van der Waals surface area contributed by atoms with Gasteiger partial charge in [-0.3, -0.25) is 4.79 Å². The fourth-order valence-corrected chi connectivity index (χ4v) is 4.46. The third-order valence-corrected chi connectivity index (χ3v) is 6.14. The van der Waals surface area contributed by atoms with Gasteiger partial charge in [-0.05, 0) is 90.2 Å². The zero-order valence-electron chi connectivity index (χ0n) is 24.0. The number of hydrogen-bond acceptors (Lipinski definition) is 6. The minimum Gasteiger partial charge on any atom is -0.494 e. The van der Waals surface area contributed by atoms with Crippen LogP contribution in [0, 0.1) is 0 Å². The number of hydrogen-bond donors (Lipinski definition) is 0. The molecule has 2 rings (SSSR count). The molecule has 0 unspecified atom stereocenters. The smallest absolute Gasteiger partial charge is 0.163 e. The van der Waals surface area contributed by atoms with Gasteiger partial charge in [0.25, 0.3) is 0 Å². The van der Waals surface area contributed by atoms with E-state index in [1.807, 2.05) is 45.9 Å². The molecule has 0 fully saturated rings. The highest BCUT2D eigenvalue weighted by Crippen LogP contribution is 2.35. The lowest BCUT2D eigenvalue weighted by Crippen LogP contribution is -2.22. The molecule has 2 aromatic carbocycles. The number of nitrogens with zero attached hydrogens (tertiary/aromatic N) is 1. The molecule has 0 atom stereocenters. The Morgan fingerprint density at radius 2 is 1.32 bits per heavy atom. The number of Topliss-reactive ketones (excluding diaryl/α,β-unsaturated/α-hetero) is 1. The maximum Gasteiger partial charge on any atom is 0.163 e. The van der Waals surface area contributed by atoms with Crippen molar-refractivity contribution in [1.29, 1.82) is 0 Å². The summed E-state index contributed by atoms with van der Waals surface area (Å²) in [6.07, 6.45) is 3.24. The van der Waals surface area contributed by atoms with Crippen LogP contribution >= 0.6 is 0 Å². The number of unbranched alkanes of at least 4 members (excludes halogenated alkanes) is 1. The van der Waals surface area contributed by atoms with Crippen LogP contribution in [0.4, 0.5) is 0 Å². The molecule has 2 aromatic rings. The van der Waals surface area contributed by atoms with E-state index in [2.05, 4.69) is 37.9 Å². The summed E-state index contributed by atoms with van der Waals surface area (Å²) in [5.41, 5.74) is 2.92. The molecular formula is C31H47NO5. The second-order valence-corrected chi connectivity index (χ2v) is 9.52. The molecular weight excluding hydrogens is 466 g/mol. The van der Waals surface area contributed by atoms with Crippen LogP contribution in [0.25, 0.3) is 0 Å². The highest BCUT2D eigenvalue weighted by Gasteiger charge is 2.20. The van der Waals surface area contributed by atoms with E-state index in [1.54, 1.807) is 0 Å². The summed E-state index contributed by atoms with van der Waals surface area (Å²) >= 11 is 0. The number of likely N-dealkylation sites (N-methyl/N-ethyl adjacent to an activating group) is 1. The summed E-state index contributed by atoms with van der Waals surface area (Å²) in [4.78, 5) is 15.6. The third-order valence-electron chi connectivity index (χ3n) is 6.14. The van der Waals surface area contributed by atoms with E-state index in [4.69, 9.17) is 18.9 Å². The maximum absolute atomic E-state index is 13.3. The SMILES string of the molecule is CCOc1cc(CCN(C)CCCCC(=O)c2cc(OCC)cc(OCC)c2C(C)C)cc(OCC)c1. The number of carbonyl (C=O) groups is 1. The van der Waals surface area contributed by atoms with Crippen molar-refractivity contribution in [2.24, 2.45) is 0 Å². The Labute approximate surface area is 224 Å². The van der Waals surface area contributed by atoms with Crippen molar-refractivity contribution >= 4 is 5.78 Å². The van der Waals surface area contributed by atoms with Crippen LogP contribution in [0.2, 0.25) is 0 Å². The molecule has 0 radical (unpaired) electrons. The van der Waals surface area contributed by atoms with Gasteiger partial charge in [0.05, 0.1) is 26.4 Å². The summed E-state index contributed by atoms with van der Waals surface area (Å²) < 4.78 is 23.0. The Balaban J connectivity index is 1.93. The largest absolute Gasteiger partial charge is 0.494 e. The second-order valence-electron chi connectivity index (χ2n) is 9.52. The quantitative estimate of drug-likeness (QED) is 0.159. The van der Waals surface area contributed by atoms with Gasteiger partial charge in [0.15, 0.2) is 5.78 Å². The molecule has 0 aliphatic rings. The molecule has 0 aromatic heterocycles. The van der Waals surface area contributed by atoms with E-state index in [9.17, 15) is 4.79 Å². The molecule has 0 aliphatic heterocycles. The fourth-order valence-electron chi connectivity index (χ4n) is 4.46. The molecule has 206 valence electrons. The van der Waals surface area contributed by atoms with E-state index in [0.717, 1.165) is 60.7 Å². The van der Waals surface area contributed by atoms with Crippen molar-refractivity contribution in [3.63, 3.8) is 0 Å². The number of ketones is 1. The first kappa shape index (κ1) is 30.5. The summed E-state index contributed by atoms with van der Waals surface area (Å²) in [6, 6.07) is 9.94. The van der Waals surface area contributed by atoms with Crippen LogP contribution in [0.3, 0.4) is 0 Å². The average molecular weight is 514 g/mol. The Morgan fingerprint density at radius 1 is 0.757 bits per heavy atom. The Morgan fingerprint density at radius 3 is 1.86 bits per heavy atom. The molecule has 0 bridgehead atoms. The lowest BCUT2D eigenvalue weighted by molar-refractivity contribution is 0.0976. The molecule has 0 saturated carbocycles.